The van der Waals surface area contributed by atoms with E-state index in [0.29, 0.717) is 12.5 Å². The molecule has 3 rings (SSSR count). The first kappa shape index (κ1) is 14.8. The number of benzene rings is 1. The van der Waals surface area contributed by atoms with Crippen molar-refractivity contribution < 1.29 is 0 Å². The Balaban J connectivity index is 1.96. The first-order valence-electron chi connectivity index (χ1n) is 7.98. The van der Waals surface area contributed by atoms with Crippen LogP contribution in [0.15, 0.2) is 24.3 Å². The van der Waals surface area contributed by atoms with Crippen molar-refractivity contribution in [2.75, 3.05) is 6.54 Å². The molecule has 1 unspecified atom stereocenters. The summed E-state index contributed by atoms with van der Waals surface area (Å²) in [6.45, 7) is 3.50. The van der Waals surface area contributed by atoms with Gasteiger partial charge in [-0.05, 0) is 62.3 Å². The van der Waals surface area contributed by atoms with Gasteiger partial charge in [0.05, 0.1) is 23.9 Å². The molecule has 22 heavy (non-hydrogen) atoms. The maximum Gasteiger partial charge on any atom is 0.0995 e. The molecule has 0 bridgehead atoms. The molecule has 0 amide bonds. The zero-order valence-electron chi connectivity index (χ0n) is 13.0. The smallest absolute Gasteiger partial charge is 0.0995 e. The van der Waals surface area contributed by atoms with E-state index in [1.54, 1.807) is 0 Å². The molecule has 0 saturated heterocycles. The predicted molar refractivity (Wildman–Crippen MR) is 86.6 cm³/mol. The summed E-state index contributed by atoms with van der Waals surface area (Å²) < 4.78 is 2.10. The van der Waals surface area contributed by atoms with Gasteiger partial charge in [-0.2, -0.15) is 10.4 Å². The monoisotopic (exact) mass is 294 g/mol. The van der Waals surface area contributed by atoms with E-state index in [1.807, 2.05) is 24.3 Å². The van der Waals surface area contributed by atoms with E-state index in [-0.39, 0.29) is 0 Å². The van der Waals surface area contributed by atoms with E-state index >= 15 is 0 Å². The number of aromatic nitrogens is 2. The molecule has 0 radical (unpaired) electrons. The van der Waals surface area contributed by atoms with E-state index in [2.05, 4.69) is 17.7 Å². The van der Waals surface area contributed by atoms with Crippen molar-refractivity contribution in [2.45, 2.75) is 45.1 Å². The zero-order chi connectivity index (χ0) is 15.5. The van der Waals surface area contributed by atoms with Crippen molar-refractivity contribution in [1.29, 1.82) is 5.26 Å². The van der Waals surface area contributed by atoms with Crippen LogP contribution in [-0.2, 0) is 13.0 Å². The molecular weight excluding hydrogens is 272 g/mol. The fraction of sp³-hybridized carbons (Fsp3) is 0.444. The van der Waals surface area contributed by atoms with E-state index in [9.17, 15) is 5.26 Å². The molecule has 1 aliphatic carbocycles. The molecular formula is C18H22N4. The topological polar surface area (TPSA) is 67.6 Å². The summed E-state index contributed by atoms with van der Waals surface area (Å²) in [6.07, 6.45) is 4.52. The Morgan fingerprint density at radius 3 is 3.00 bits per heavy atom. The van der Waals surface area contributed by atoms with Crippen LogP contribution in [0.5, 0.6) is 0 Å². The lowest BCUT2D eigenvalue weighted by Crippen LogP contribution is -2.16. The lowest BCUT2D eigenvalue weighted by Gasteiger charge is -2.23. The van der Waals surface area contributed by atoms with Crippen LogP contribution >= 0.6 is 0 Å². The molecule has 1 aromatic heterocycles. The minimum atomic E-state index is 0.550. The standard InChI is InChI=1S/C18H22N4/c1-13-18-14(9-10-19)7-4-8-17(18)22(21-13)12-16-6-3-2-5-15(16)11-20/h2-3,5-6,14H,4,7-10,12,19H2,1H3. The summed E-state index contributed by atoms with van der Waals surface area (Å²) in [6, 6.07) is 10.0. The molecule has 114 valence electrons. The maximum atomic E-state index is 9.26. The second-order valence-corrected chi connectivity index (χ2v) is 6.04. The average Bonchev–Trinajstić information content (AvgIpc) is 2.85. The highest BCUT2D eigenvalue weighted by atomic mass is 15.3. The van der Waals surface area contributed by atoms with Crippen LogP contribution in [0.25, 0.3) is 0 Å². The molecule has 4 nitrogen and oxygen atoms in total. The van der Waals surface area contributed by atoms with Crippen molar-refractivity contribution in [1.82, 2.24) is 9.78 Å². The van der Waals surface area contributed by atoms with Gasteiger partial charge in [0.15, 0.2) is 0 Å². The molecule has 0 spiro atoms. The highest BCUT2D eigenvalue weighted by molar-refractivity contribution is 5.38. The summed E-state index contributed by atoms with van der Waals surface area (Å²) >= 11 is 0. The molecule has 1 aliphatic rings. The van der Waals surface area contributed by atoms with Gasteiger partial charge < -0.3 is 5.73 Å². The van der Waals surface area contributed by atoms with Gasteiger partial charge in [-0.3, -0.25) is 4.68 Å². The van der Waals surface area contributed by atoms with Crippen molar-refractivity contribution in [3.8, 4) is 6.07 Å². The Morgan fingerprint density at radius 1 is 1.41 bits per heavy atom. The summed E-state index contributed by atoms with van der Waals surface area (Å²) in [7, 11) is 0. The Kier molecular flexibility index (Phi) is 4.26. The molecule has 0 fully saturated rings. The van der Waals surface area contributed by atoms with E-state index in [1.165, 1.54) is 24.1 Å². The first-order valence-corrected chi connectivity index (χ1v) is 7.98. The van der Waals surface area contributed by atoms with Crippen LogP contribution in [-0.4, -0.2) is 16.3 Å². The Hall–Kier alpha value is -2.12. The molecule has 2 N–H and O–H groups in total. The van der Waals surface area contributed by atoms with Crippen molar-refractivity contribution >= 4 is 0 Å². The third-order valence-electron chi connectivity index (χ3n) is 4.63. The largest absolute Gasteiger partial charge is 0.330 e. The normalized spacial score (nSPS) is 17.0. The third-order valence-corrected chi connectivity index (χ3v) is 4.63. The molecule has 1 atom stereocenters. The van der Waals surface area contributed by atoms with E-state index in [0.717, 1.165) is 36.2 Å². The van der Waals surface area contributed by atoms with Crippen LogP contribution in [0.2, 0.25) is 0 Å². The fourth-order valence-corrected chi connectivity index (χ4v) is 3.65. The second-order valence-electron chi connectivity index (χ2n) is 6.04. The van der Waals surface area contributed by atoms with E-state index in [4.69, 9.17) is 10.8 Å². The number of nitriles is 1. The maximum absolute atomic E-state index is 9.26. The number of nitrogens with zero attached hydrogens (tertiary/aromatic N) is 3. The molecule has 0 aliphatic heterocycles. The Bertz CT molecular complexity index is 708. The van der Waals surface area contributed by atoms with Gasteiger partial charge in [0.1, 0.15) is 0 Å². The van der Waals surface area contributed by atoms with Gasteiger partial charge in [-0.1, -0.05) is 18.2 Å². The summed E-state index contributed by atoms with van der Waals surface area (Å²) in [5.41, 5.74) is 11.4. The number of nitrogens with two attached hydrogens (primary N) is 1. The number of aryl methyl sites for hydroxylation is 1. The minimum absolute atomic E-state index is 0.550. The van der Waals surface area contributed by atoms with Crippen LogP contribution < -0.4 is 5.73 Å². The second kappa shape index (κ2) is 6.33. The molecule has 1 heterocycles. The van der Waals surface area contributed by atoms with Crippen molar-refractivity contribution in [2.24, 2.45) is 5.73 Å². The predicted octanol–water partition coefficient (Wildman–Crippen LogP) is 2.88. The summed E-state index contributed by atoms with van der Waals surface area (Å²) in [4.78, 5) is 0. The van der Waals surface area contributed by atoms with Gasteiger partial charge in [0.25, 0.3) is 0 Å². The van der Waals surface area contributed by atoms with E-state index < -0.39 is 0 Å². The summed E-state index contributed by atoms with van der Waals surface area (Å²) in [5.74, 6) is 0.550. The zero-order valence-corrected chi connectivity index (χ0v) is 13.0. The minimum Gasteiger partial charge on any atom is -0.330 e. The van der Waals surface area contributed by atoms with Crippen LogP contribution in [0.4, 0.5) is 0 Å². The summed E-state index contributed by atoms with van der Waals surface area (Å²) in [5, 5.41) is 14.0. The number of hydrogen-bond donors (Lipinski definition) is 1. The van der Waals surface area contributed by atoms with Gasteiger partial charge >= 0.3 is 0 Å². The lowest BCUT2D eigenvalue weighted by molar-refractivity contribution is 0.505. The molecule has 0 saturated carbocycles. The number of hydrogen-bond acceptors (Lipinski definition) is 3. The van der Waals surface area contributed by atoms with Crippen LogP contribution in [0.3, 0.4) is 0 Å². The molecule has 1 aromatic carbocycles. The quantitative estimate of drug-likeness (QED) is 0.942. The highest BCUT2D eigenvalue weighted by Crippen LogP contribution is 2.36. The highest BCUT2D eigenvalue weighted by Gasteiger charge is 2.26. The molecule has 4 heteroatoms. The van der Waals surface area contributed by atoms with Crippen LogP contribution in [0.1, 0.15) is 53.3 Å². The van der Waals surface area contributed by atoms with Crippen molar-refractivity contribution in [3.05, 3.63) is 52.3 Å². The van der Waals surface area contributed by atoms with Gasteiger partial charge in [0, 0.05) is 5.69 Å². The van der Waals surface area contributed by atoms with Gasteiger partial charge in [-0.25, -0.2) is 0 Å². The number of rotatable bonds is 4. The average molecular weight is 294 g/mol. The van der Waals surface area contributed by atoms with Gasteiger partial charge in [-0.15, -0.1) is 0 Å². The van der Waals surface area contributed by atoms with Crippen LogP contribution in [0, 0.1) is 18.3 Å². The first-order chi connectivity index (χ1) is 10.7. The number of fused-ring (bicyclic) bond motifs is 1. The van der Waals surface area contributed by atoms with Crippen molar-refractivity contribution in [3.63, 3.8) is 0 Å². The molecule has 2 aromatic rings. The Morgan fingerprint density at radius 2 is 2.23 bits per heavy atom. The van der Waals surface area contributed by atoms with Gasteiger partial charge in [0.2, 0.25) is 0 Å². The third kappa shape index (κ3) is 2.65. The lowest BCUT2D eigenvalue weighted by atomic mass is 9.83. The SMILES string of the molecule is Cc1nn(Cc2ccccc2C#N)c2c1C(CCN)CCC2. The fourth-order valence-electron chi connectivity index (χ4n) is 3.65. The Labute approximate surface area is 131 Å².